The van der Waals surface area contributed by atoms with Crippen molar-refractivity contribution >= 4 is 66.4 Å². The third-order valence-electron chi connectivity index (χ3n) is 7.27. The minimum absolute atomic E-state index is 0.160. The molecule has 7 rings (SSSR count). The lowest BCUT2D eigenvalue weighted by molar-refractivity contribution is 0.814. The average Bonchev–Trinajstić information content (AvgIpc) is 3.29. The van der Waals surface area contributed by atoms with Crippen molar-refractivity contribution in [1.29, 1.82) is 0 Å². The Labute approximate surface area is 249 Å². The molecule has 0 bridgehead atoms. The molecular weight excluding hydrogens is 628 g/mol. The van der Waals surface area contributed by atoms with Gasteiger partial charge in [0.25, 0.3) is 0 Å². The third kappa shape index (κ3) is 4.19. The van der Waals surface area contributed by atoms with Crippen LogP contribution in [0.2, 0.25) is 0 Å². The van der Waals surface area contributed by atoms with Crippen molar-refractivity contribution in [3.8, 4) is 5.69 Å². The fourth-order valence-electron chi connectivity index (χ4n) is 5.40. The van der Waals surface area contributed by atoms with Crippen molar-refractivity contribution in [3.05, 3.63) is 128 Å². The zero-order valence-electron chi connectivity index (χ0n) is 21.8. The van der Waals surface area contributed by atoms with Crippen LogP contribution < -0.4 is 10.2 Å². The van der Waals surface area contributed by atoms with E-state index in [-0.39, 0.29) is 6.04 Å². The van der Waals surface area contributed by atoms with E-state index in [1.807, 2.05) is 53.2 Å². The smallest absolute Gasteiger partial charge is 0.179 e. The molecular formula is C32H24Br2N6. The van der Waals surface area contributed by atoms with Crippen molar-refractivity contribution < 1.29 is 0 Å². The molecule has 196 valence electrons. The van der Waals surface area contributed by atoms with Crippen LogP contribution in [0.3, 0.4) is 0 Å². The van der Waals surface area contributed by atoms with Crippen LogP contribution in [-0.2, 0) is 0 Å². The highest BCUT2D eigenvalue weighted by Gasteiger charge is 2.41. The van der Waals surface area contributed by atoms with E-state index < -0.39 is 0 Å². The minimum Gasteiger partial charge on any atom is -0.337 e. The maximum atomic E-state index is 5.32. The number of amidine groups is 2. The van der Waals surface area contributed by atoms with E-state index in [0.29, 0.717) is 5.84 Å². The number of nitrogens with zero attached hydrogens (tertiary/aromatic N) is 5. The second-order valence-electron chi connectivity index (χ2n) is 9.86. The highest BCUT2D eigenvalue weighted by molar-refractivity contribution is 9.10. The molecule has 40 heavy (non-hydrogen) atoms. The number of aryl methyl sites for hydroxylation is 2. The molecule has 8 heteroatoms. The lowest BCUT2D eigenvalue weighted by Gasteiger charge is -2.40. The number of hydrogen-bond acceptors (Lipinski definition) is 5. The fraction of sp³-hybridized carbons (Fsp3) is 0.0938. The Bertz CT molecular complexity index is 1820. The Kier molecular flexibility index (Phi) is 6.17. The molecule has 0 fully saturated rings. The van der Waals surface area contributed by atoms with Gasteiger partial charge in [-0.05, 0) is 79.6 Å². The molecule has 2 aliphatic rings. The molecule has 1 aromatic heterocycles. The van der Waals surface area contributed by atoms with E-state index in [0.717, 1.165) is 65.7 Å². The summed E-state index contributed by atoms with van der Waals surface area (Å²) in [5.74, 6) is 2.25. The molecule has 0 amide bonds. The summed E-state index contributed by atoms with van der Waals surface area (Å²) in [6.07, 6.45) is 0. The van der Waals surface area contributed by atoms with Gasteiger partial charge in [-0.2, -0.15) is 5.10 Å². The molecule has 0 saturated carbocycles. The van der Waals surface area contributed by atoms with E-state index in [4.69, 9.17) is 15.1 Å². The van der Waals surface area contributed by atoms with Crippen LogP contribution in [-0.4, -0.2) is 21.5 Å². The molecule has 1 unspecified atom stereocenters. The molecule has 2 aliphatic heterocycles. The number of anilines is 2. The molecule has 0 radical (unpaired) electrons. The number of aromatic nitrogens is 2. The third-order valence-corrected chi connectivity index (χ3v) is 8.33. The number of rotatable bonds is 3. The standard InChI is InChI=1S/C32H24Br2N6/c1-19-7-3-5-9-26(19)40-31-28(20(2)38-40)29(21-11-13-22(33)14-12-21)39-27-10-6-4-8-25(27)36-30(32(39)37-31)35-24-17-15-23(34)16-18-24/h3-18,29H,1-2H3,(H,35,36). The maximum absolute atomic E-state index is 5.32. The van der Waals surface area contributed by atoms with E-state index >= 15 is 0 Å². The number of halogens is 2. The number of benzene rings is 4. The SMILES string of the molecule is Cc1ccccc1-n1nc(C)c2c1N=C1C(Nc3ccc(Br)cc3)=Nc3ccccc3N1C2c1ccc(Br)cc1. The Balaban J connectivity index is 1.50. The summed E-state index contributed by atoms with van der Waals surface area (Å²) in [4.78, 5) is 12.7. The van der Waals surface area contributed by atoms with Gasteiger partial charge in [-0.3, -0.25) is 0 Å². The van der Waals surface area contributed by atoms with Gasteiger partial charge in [-0.25, -0.2) is 14.7 Å². The van der Waals surface area contributed by atoms with Crippen LogP contribution in [0, 0.1) is 13.8 Å². The summed E-state index contributed by atoms with van der Waals surface area (Å²) < 4.78 is 4.03. The summed E-state index contributed by atoms with van der Waals surface area (Å²) in [5.41, 5.74) is 8.12. The first-order valence-electron chi connectivity index (χ1n) is 13.0. The number of aliphatic imine (C=N–C) groups is 2. The summed E-state index contributed by atoms with van der Waals surface area (Å²) in [5, 5.41) is 8.61. The average molecular weight is 652 g/mol. The Morgan fingerprint density at radius 3 is 2.10 bits per heavy atom. The van der Waals surface area contributed by atoms with Gasteiger partial charge in [0.1, 0.15) is 0 Å². The number of para-hydroxylation sites is 3. The van der Waals surface area contributed by atoms with Crippen molar-refractivity contribution in [1.82, 2.24) is 9.78 Å². The van der Waals surface area contributed by atoms with E-state index in [2.05, 4.69) is 104 Å². The van der Waals surface area contributed by atoms with Crippen molar-refractivity contribution in [2.24, 2.45) is 9.98 Å². The van der Waals surface area contributed by atoms with E-state index in [1.165, 1.54) is 0 Å². The van der Waals surface area contributed by atoms with Crippen LogP contribution in [0.25, 0.3) is 5.69 Å². The van der Waals surface area contributed by atoms with E-state index in [1.54, 1.807) is 0 Å². The zero-order valence-corrected chi connectivity index (χ0v) is 25.0. The molecule has 0 aliphatic carbocycles. The molecule has 6 nitrogen and oxygen atoms in total. The first-order valence-corrected chi connectivity index (χ1v) is 14.6. The maximum Gasteiger partial charge on any atom is 0.179 e. The van der Waals surface area contributed by atoms with Crippen LogP contribution in [0.5, 0.6) is 0 Å². The normalized spacial score (nSPS) is 15.5. The zero-order chi connectivity index (χ0) is 27.4. The summed E-state index contributed by atoms with van der Waals surface area (Å²) in [7, 11) is 0. The Hall–Kier alpha value is -4.01. The van der Waals surface area contributed by atoms with Gasteiger partial charge in [0.05, 0.1) is 28.8 Å². The monoisotopic (exact) mass is 650 g/mol. The molecule has 0 spiro atoms. The largest absolute Gasteiger partial charge is 0.337 e. The second kappa shape index (κ2) is 9.87. The van der Waals surface area contributed by atoms with Gasteiger partial charge < -0.3 is 10.2 Å². The highest BCUT2D eigenvalue weighted by Crippen LogP contribution is 2.48. The Morgan fingerprint density at radius 1 is 0.725 bits per heavy atom. The van der Waals surface area contributed by atoms with Crippen molar-refractivity contribution in [3.63, 3.8) is 0 Å². The van der Waals surface area contributed by atoms with Gasteiger partial charge in [-0.15, -0.1) is 0 Å². The predicted molar refractivity (Wildman–Crippen MR) is 170 cm³/mol. The van der Waals surface area contributed by atoms with Crippen LogP contribution >= 0.6 is 31.9 Å². The minimum atomic E-state index is -0.160. The van der Waals surface area contributed by atoms with E-state index in [9.17, 15) is 0 Å². The van der Waals surface area contributed by atoms with Gasteiger partial charge in [0, 0.05) is 20.2 Å². The lowest BCUT2D eigenvalue weighted by Crippen LogP contribution is -2.46. The fourth-order valence-corrected chi connectivity index (χ4v) is 5.93. The first kappa shape index (κ1) is 25.0. The Morgan fingerprint density at radius 2 is 1.38 bits per heavy atom. The second-order valence-corrected chi connectivity index (χ2v) is 11.7. The molecule has 1 N–H and O–H groups in total. The predicted octanol–water partition coefficient (Wildman–Crippen LogP) is 8.81. The quantitative estimate of drug-likeness (QED) is 0.212. The van der Waals surface area contributed by atoms with Crippen LogP contribution in [0.4, 0.5) is 22.9 Å². The van der Waals surface area contributed by atoms with Gasteiger partial charge in [0.2, 0.25) is 0 Å². The number of fused-ring (bicyclic) bond motifs is 4. The van der Waals surface area contributed by atoms with Crippen molar-refractivity contribution in [2.45, 2.75) is 19.9 Å². The van der Waals surface area contributed by atoms with Gasteiger partial charge >= 0.3 is 0 Å². The molecule has 0 saturated heterocycles. The number of hydrogen-bond donors (Lipinski definition) is 1. The summed E-state index contributed by atoms with van der Waals surface area (Å²) >= 11 is 7.16. The molecule has 4 aromatic carbocycles. The first-order chi connectivity index (χ1) is 19.5. The summed E-state index contributed by atoms with van der Waals surface area (Å²) in [6, 6.07) is 33.0. The van der Waals surface area contributed by atoms with Gasteiger partial charge in [0.15, 0.2) is 17.5 Å². The van der Waals surface area contributed by atoms with Gasteiger partial charge in [-0.1, -0.05) is 74.3 Å². The molecule has 3 heterocycles. The van der Waals surface area contributed by atoms with Crippen LogP contribution in [0.15, 0.2) is 116 Å². The van der Waals surface area contributed by atoms with Crippen LogP contribution in [0.1, 0.15) is 28.4 Å². The topological polar surface area (TPSA) is 57.8 Å². The lowest BCUT2D eigenvalue weighted by atomic mass is 9.93. The molecule has 1 atom stereocenters. The van der Waals surface area contributed by atoms with Crippen molar-refractivity contribution in [2.75, 3.05) is 10.2 Å². The summed E-state index contributed by atoms with van der Waals surface area (Å²) in [6.45, 7) is 4.18. The molecule has 5 aromatic rings. The highest BCUT2D eigenvalue weighted by atomic mass is 79.9. The number of nitrogens with one attached hydrogen (secondary N) is 1.